The molecule has 3 aromatic carbocycles. The van der Waals surface area contributed by atoms with E-state index in [2.05, 4.69) is 15.4 Å². The summed E-state index contributed by atoms with van der Waals surface area (Å²) in [5.41, 5.74) is 1.90. The molecule has 0 unspecified atom stereocenters. The number of anilines is 1. The van der Waals surface area contributed by atoms with Crippen LogP contribution < -0.4 is 15.4 Å². The maximum absolute atomic E-state index is 13.4. The Morgan fingerprint density at radius 3 is 2.44 bits per heavy atom. The van der Waals surface area contributed by atoms with Crippen LogP contribution in [0.2, 0.25) is 0 Å². The number of piperidine rings is 1. The first-order valence-electron chi connectivity index (χ1n) is 11.0. The van der Waals surface area contributed by atoms with Gasteiger partial charge in [-0.25, -0.2) is 13.1 Å². The number of hydrogen-bond donors (Lipinski definition) is 3. The molecule has 2 atom stereocenters. The number of methoxy groups -OCH3 is 1. The van der Waals surface area contributed by atoms with Crippen molar-refractivity contribution in [2.24, 2.45) is 5.92 Å². The summed E-state index contributed by atoms with van der Waals surface area (Å²) in [5, 5.41) is 7.08. The molecule has 9 heteroatoms. The lowest BCUT2D eigenvalue weighted by Crippen LogP contribution is -2.52. The third kappa shape index (κ3) is 4.82. The number of rotatable bonds is 6. The first-order valence-corrected chi connectivity index (χ1v) is 12.5. The smallest absolute Gasteiger partial charge is 0.311 e. The second-order valence-electron chi connectivity index (χ2n) is 8.28. The van der Waals surface area contributed by atoms with Crippen molar-refractivity contribution in [2.45, 2.75) is 24.3 Å². The van der Waals surface area contributed by atoms with Gasteiger partial charge < -0.3 is 15.4 Å². The zero-order valence-corrected chi connectivity index (χ0v) is 19.8. The molecule has 34 heavy (non-hydrogen) atoms. The predicted molar refractivity (Wildman–Crippen MR) is 130 cm³/mol. The maximum Gasteiger partial charge on any atom is 0.311 e. The molecule has 1 aliphatic heterocycles. The molecule has 1 heterocycles. The van der Waals surface area contributed by atoms with Crippen LogP contribution >= 0.6 is 0 Å². The summed E-state index contributed by atoms with van der Waals surface area (Å²) < 4.78 is 34.4. The third-order valence-electron chi connectivity index (χ3n) is 6.10. The number of esters is 1. The fourth-order valence-electron chi connectivity index (χ4n) is 4.29. The summed E-state index contributed by atoms with van der Waals surface area (Å²) in [6.07, 6.45) is 0.460. The van der Waals surface area contributed by atoms with Crippen LogP contribution in [0.5, 0.6) is 0 Å². The summed E-state index contributed by atoms with van der Waals surface area (Å²) in [6.45, 7) is 2.78. The van der Waals surface area contributed by atoms with Gasteiger partial charge in [0, 0.05) is 34.6 Å². The Balaban J connectivity index is 1.67. The Morgan fingerprint density at radius 2 is 1.71 bits per heavy atom. The number of carbonyl (C=O) groups excluding carboxylic acids is 2. The molecule has 8 nitrogen and oxygen atoms in total. The molecule has 0 bridgehead atoms. The largest absolute Gasteiger partial charge is 0.469 e. The molecule has 1 saturated heterocycles. The molecule has 1 amide bonds. The standard InChI is InChI=1S/C25H27N3O5S/c1-16-7-3-4-8-17(16)24(29)27-21-11-12-23(19-10-6-5-9-18(19)21)34(31,32)28-22-13-14-26-15-20(22)25(30)33-2/h3-12,20,22,26,28H,13-15H2,1-2H3,(H,27,29)/t20-,22-/m0/s1. The molecule has 3 aromatic rings. The number of fused-ring (bicyclic) bond motifs is 1. The van der Waals surface area contributed by atoms with Crippen molar-refractivity contribution in [1.29, 1.82) is 0 Å². The SMILES string of the molecule is COC(=O)[C@H]1CNCC[C@@H]1NS(=O)(=O)c1ccc(NC(=O)c2ccccc2C)c2ccccc12. The number of amides is 1. The molecule has 1 aliphatic rings. The molecular weight excluding hydrogens is 454 g/mol. The minimum Gasteiger partial charge on any atom is -0.469 e. The molecule has 1 fully saturated rings. The Morgan fingerprint density at radius 1 is 1.00 bits per heavy atom. The average Bonchev–Trinajstić information content (AvgIpc) is 2.84. The van der Waals surface area contributed by atoms with Gasteiger partial charge in [0.15, 0.2) is 0 Å². The van der Waals surface area contributed by atoms with Gasteiger partial charge in [-0.1, -0.05) is 42.5 Å². The van der Waals surface area contributed by atoms with Crippen LogP contribution in [-0.4, -0.2) is 46.5 Å². The van der Waals surface area contributed by atoms with E-state index in [1.807, 2.05) is 19.1 Å². The summed E-state index contributed by atoms with van der Waals surface area (Å²) >= 11 is 0. The van der Waals surface area contributed by atoms with Crippen molar-refractivity contribution in [2.75, 3.05) is 25.5 Å². The molecule has 0 spiro atoms. The zero-order chi connectivity index (χ0) is 24.3. The van der Waals surface area contributed by atoms with E-state index in [1.54, 1.807) is 42.5 Å². The number of sulfonamides is 1. The second kappa shape index (κ2) is 9.92. The van der Waals surface area contributed by atoms with Crippen molar-refractivity contribution in [3.05, 3.63) is 71.8 Å². The normalized spacial score (nSPS) is 18.4. The van der Waals surface area contributed by atoms with Gasteiger partial charge in [0.05, 0.1) is 17.9 Å². The molecular formula is C25H27N3O5S. The maximum atomic E-state index is 13.4. The molecule has 0 aromatic heterocycles. The molecule has 3 N–H and O–H groups in total. The summed E-state index contributed by atoms with van der Waals surface area (Å²) in [4.78, 5) is 25.1. The minimum atomic E-state index is -3.96. The van der Waals surface area contributed by atoms with E-state index in [-0.39, 0.29) is 10.8 Å². The quantitative estimate of drug-likeness (QED) is 0.467. The van der Waals surface area contributed by atoms with E-state index in [9.17, 15) is 18.0 Å². The lowest BCUT2D eigenvalue weighted by Gasteiger charge is -2.30. The zero-order valence-electron chi connectivity index (χ0n) is 19.0. The topological polar surface area (TPSA) is 114 Å². The molecule has 0 aliphatic carbocycles. The Labute approximate surface area is 198 Å². The van der Waals surface area contributed by atoms with Crippen LogP contribution in [0.4, 0.5) is 5.69 Å². The van der Waals surface area contributed by atoms with Gasteiger partial charge in [-0.2, -0.15) is 0 Å². The van der Waals surface area contributed by atoms with E-state index in [0.29, 0.717) is 41.5 Å². The van der Waals surface area contributed by atoms with Crippen molar-refractivity contribution in [3.8, 4) is 0 Å². The number of benzene rings is 3. The number of nitrogens with one attached hydrogen (secondary N) is 3. The lowest BCUT2D eigenvalue weighted by molar-refractivity contribution is -0.146. The Bertz CT molecular complexity index is 1340. The van der Waals surface area contributed by atoms with E-state index in [4.69, 9.17) is 4.74 Å². The van der Waals surface area contributed by atoms with Crippen molar-refractivity contribution >= 4 is 38.4 Å². The van der Waals surface area contributed by atoms with E-state index in [1.165, 1.54) is 13.2 Å². The van der Waals surface area contributed by atoms with Crippen LogP contribution in [0.1, 0.15) is 22.3 Å². The van der Waals surface area contributed by atoms with Gasteiger partial charge in [-0.3, -0.25) is 9.59 Å². The van der Waals surface area contributed by atoms with Crippen LogP contribution in [0.25, 0.3) is 10.8 Å². The molecule has 0 saturated carbocycles. The molecule has 0 radical (unpaired) electrons. The number of aryl methyl sites for hydroxylation is 1. The highest BCUT2D eigenvalue weighted by Crippen LogP contribution is 2.30. The second-order valence-corrected chi connectivity index (χ2v) is 9.96. The lowest BCUT2D eigenvalue weighted by atomic mass is 9.94. The summed E-state index contributed by atoms with van der Waals surface area (Å²) in [5.74, 6) is -1.35. The number of carbonyl (C=O) groups is 2. The third-order valence-corrected chi connectivity index (χ3v) is 7.65. The van der Waals surface area contributed by atoms with E-state index < -0.39 is 28.0 Å². The first-order chi connectivity index (χ1) is 16.3. The average molecular weight is 482 g/mol. The van der Waals surface area contributed by atoms with Crippen molar-refractivity contribution in [1.82, 2.24) is 10.0 Å². The van der Waals surface area contributed by atoms with Crippen LogP contribution in [-0.2, 0) is 19.6 Å². The van der Waals surface area contributed by atoms with Gasteiger partial charge in [-0.05, 0) is 43.7 Å². The highest BCUT2D eigenvalue weighted by atomic mass is 32.2. The summed E-state index contributed by atoms with van der Waals surface area (Å²) in [7, 11) is -2.67. The highest BCUT2D eigenvalue weighted by Gasteiger charge is 2.35. The van der Waals surface area contributed by atoms with Crippen molar-refractivity contribution < 1.29 is 22.7 Å². The summed E-state index contributed by atoms with van der Waals surface area (Å²) in [6, 6.07) is 16.7. The van der Waals surface area contributed by atoms with Gasteiger partial charge in [0.1, 0.15) is 0 Å². The minimum absolute atomic E-state index is 0.0825. The Hall–Kier alpha value is -3.27. The monoisotopic (exact) mass is 481 g/mol. The van der Waals surface area contributed by atoms with Crippen LogP contribution in [0, 0.1) is 12.8 Å². The first kappa shape index (κ1) is 23.9. The van der Waals surface area contributed by atoms with E-state index >= 15 is 0 Å². The van der Waals surface area contributed by atoms with E-state index in [0.717, 1.165) is 5.56 Å². The van der Waals surface area contributed by atoms with Gasteiger partial charge in [0.25, 0.3) is 5.91 Å². The van der Waals surface area contributed by atoms with Gasteiger partial charge in [0.2, 0.25) is 10.0 Å². The van der Waals surface area contributed by atoms with Gasteiger partial charge >= 0.3 is 5.97 Å². The van der Waals surface area contributed by atoms with Gasteiger partial charge in [-0.15, -0.1) is 0 Å². The predicted octanol–water partition coefficient (Wildman–Crippen LogP) is 2.83. The molecule has 178 valence electrons. The van der Waals surface area contributed by atoms with Crippen LogP contribution in [0.3, 0.4) is 0 Å². The fraction of sp³-hybridized carbons (Fsp3) is 0.280. The number of hydrogen-bond acceptors (Lipinski definition) is 6. The van der Waals surface area contributed by atoms with Crippen molar-refractivity contribution in [3.63, 3.8) is 0 Å². The van der Waals surface area contributed by atoms with Crippen LogP contribution in [0.15, 0.2) is 65.6 Å². The molecule has 4 rings (SSSR count). The highest BCUT2D eigenvalue weighted by molar-refractivity contribution is 7.89. The fourth-order valence-corrected chi connectivity index (χ4v) is 5.82. The number of ether oxygens (including phenoxy) is 1. The Kier molecular flexibility index (Phi) is 6.97.